The van der Waals surface area contributed by atoms with E-state index in [1.54, 1.807) is 6.26 Å². The van der Waals surface area contributed by atoms with Crippen LogP contribution < -0.4 is 4.90 Å². The van der Waals surface area contributed by atoms with Crippen molar-refractivity contribution in [2.75, 3.05) is 4.90 Å². The fourth-order valence-corrected chi connectivity index (χ4v) is 3.29. The Morgan fingerprint density at radius 2 is 1.68 bits per heavy atom. The van der Waals surface area contributed by atoms with Gasteiger partial charge in [0.15, 0.2) is 0 Å². The Balaban J connectivity index is 1.43. The molecule has 0 unspecified atom stereocenters. The Labute approximate surface area is 148 Å². The van der Waals surface area contributed by atoms with E-state index in [4.69, 9.17) is 4.42 Å². The van der Waals surface area contributed by atoms with Gasteiger partial charge in [0.1, 0.15) is 5.76 Å². The first-order valence-corrected chi connectivity index (χ1v) is 8.65. The lowest BCUT2D eigenvalue weighted by molar-refractivity contribution is 0.513. The zero-order valence-electron chi connectivity index (χ0n) is 14.7. The second-order valence-electron chi connectivity index (χ2n) is 6.70. The second kappa shape index (κ2) is 6.60. The summed E-state index contributed by atoms with van der Waals surface area (Å²) in [6.07, 6.45) is 3.58. The Kier molecular flexibility index (Phi) is 4.14. The van der Waals surface area contributed by atoms with Crippen molar-refractivity contribution in [1.29, 1.82) is 0 Å². The van der Waals surface area contributed by atoms with Crippen molar-refractivity contribution in [3.63, 3.8) is 0 Å². The molecule has 0 bridgehead atoms. The first kappa shape index (κ1) is 15.7. The molecule has 0 radical (unpaired) electrons. The van der Waals surface area contributed by atoms with Gasteiger partial charge in [0.25, 0.3) is 0 Å². The monoisotopic (exact) mass is 330 g/mol. The summed E-state index contributed by atoms with van der Waals surface area (Å²) in [6, 6.07) is 17.1. The van der Waals surface area contributed by atoms with E-state index in [1.807, 2.05) is 18.3 Å². The number of hydrogen-bond donors (Lipinski definition) is 0. The van der Waals surface area contributed by atoms with Crippen molar-refractivity contribution in [2.45, 2.75) is 33.5 Å². The summed E-state index contributed by atoms with van der Waals surface area (Å²) in [4.78, 5) is 6.85. The zero-order valence-corrected chi connectivity index (χ0v) is 14.7. The van der Waals surface area contributed by atoms with Crippen molar-refractivity contribution in [2.24, 2.45) is 4.99 Å². The van der Waals surface area contributed by atoms with Crippen LogP contribution in [-0.4, -0.2) is 6.21 Å². The molecule has 3 aromatic rings. The largest absolute Gasteiger partial charge is 0.467 e. The predicted octanol–water partition coefficient (Wildman–Crippen LogP) is 5.04. The molecular weight excluding hydrogens is 308 g/mol. The van der Waals surface area contributed by atoms with Crippen molar-refractivity contribution in [3.05, 3.63) is 88.4 Å². The molecule has 2 heterocycles. The molecule has 0 amide bonds. The van der Waals surface area contributed by atoms with Gasteiger partial charge in [-0.25, -0.2) is 0 Å². The molecule has 3 heteroatoms. The van der Waals surface area contributed by atoms with Gasteiger partial charge < -0.3 is 9.32 Å². The molecule has 25 heavy (non-hydrogen) atoms. The number of aryl methyl sites for hydroxylation is 2. The van der Waals surface area contributed by atoms with Gasteiger partial charge in [-0.1, -0.05) is 24.3 Å². The van der Waals surface area contributed by atoms with Crippen LogP contribution in [0, 0.1) is 13.8 Å². The van der Waals surface area contributed by atoms with Crippen molar-refractivity contribution >= 4 is 11.9 Å². The van der Waals surface area contributed by atoms with E-state index in [0.717, 1.165) is 24.4 Å². The Hall–Kier alpha value is -2.81. The summed E-state index contributed by atoms with van der Waals surface area (Å²) in [7, 11) is 0. The average molecular weight is 330 g/mol. The fraction of sp³-hybridized carbons (Fsp3) is 0.227. The van der Waals surface area contributed by atoms with Crippen LogP contribution in [0.4, 0.5) is 5.69 Å². The van der Waals surface area contributed by atoms with Gasteiger partial charge in [-0.3, -0.25) is 4.99 Å². The lowest BCUT2D eigenvalue weighted by atomic mass is 10.0. The van der Waals surface area contributed by atoms with Crippen LogP contribution in [-0.2, 0) is 19.6 Å². The van der Waals surface area contributed by atoms with Gasteiger partial charge in [-0.05, 0) is 65.9 Å². The van der Waals surface area contributed by atoms with Crippen LogP contribution >= 0.6 is 0 Å². The average Bonchev–Trinajstić information content (AvgIpc) is 3.26. The Bertz CT molecular complexity index is 862. The van der Waals surface area contributed by atoms with Crippen molar-refractivity contribution < 1.29 is 4.42 Å². The van der Waals surface area contributed by atoms with Crippen molar-refractivity contribution in [1.82, 2.24) is 0 Å². The maximum absolute atomic E-state index is 5.29. The minimum atomic E-state index is 0.578. The van der Waals surface area contributed by atoms with Gasteiger partial charge in [0.05, 0.1) is 12.8 Å². The highest BCUT2D eigenvalue weighted by Gasteiger charge is 2.19. The molecule has 3 nitrogen and oxygen atoms in total. The van der Waals surface area contributed by atoms with Gasteiger partial charge in [0.2, 0.25) is 0 Å². The highest BCUT2D eigenvalue weighted by molar-refractivity contribution is 5.80. The number of rotatable bonds is 4. The van der Waals surface area contributed by atoms with Gasteiger partial charge in [-0.2, -0.15) is 0 Å². The third-order valence-electron chi connectivity index (χ3n) is 4.86. The molecule has 0 saturated heterocycles. The Morgan fingerprint density at radius 3 is 2.28 bits per heavy atom. The molecule has 0 saturated carbocycles. The number of nitrogens with zero attached hydrogens (tertiary/aromatic N) is 2. The van der Waals surface area contributed by atoms with Crippen LogP contribution in [0.5, 0.6) is 0 Å². The molecule has 0 N–H and O–H groups in total. The van der Waals surface area contributed by atoms with Gasteiger partial charge >= 0.3 is 0 Å². The Morgan fingerprint density at radius 1 is 1.00 bits per heavy atom. The first-order valence-electron chi connectivity index (χ1n) is 8.65. The molecule has 0 aliphatic carbocycles. The van der Waals surface area contributed by atoms with E-state index >= 15 is 0 Å². The summed E-state index contributed by atoms with van der Waals surface area (Å²) in [6.45, 7) is 6.93. The van der Waals surface area contributed by atoms with E-state index in [-0.39, 0.29) is 0 Å². The number of fused-ring (bicyclic) bond motifs is 1. The zero-order chi connectivity index (χ0) is 17.2. The summed E-state index contributed by atoms with van der Waals surface area (Å²) in [5.41, 5.74) is 8.03. The van der Waals surface area contributed by atoms with Crippen LogP contribution in [0.25, 0.3) is 0 Å². The first-order chi connectivity index (χ1) is 12.2. The highest BCUT2D eigenvalue weighted by Crippen LogP contribution is 2.30. The maximum Gasteiger partial charge on any atom is 0.125 e. The van der Waals surface area contributed by atoms with Crippen LogP contribution in [0.1, 0.15) is 33.6 Å². The normalized spacial score (nSPS) is 13.6. The van der Waals surface area contributed by atoms with Crippen molar-refractivity contribution in [3.8, 4) is 0 Å². The SMILES string of the molecule is Cc1cc2c(cc1C)CN(c1ccc(C=NCc3ccco3)cc1)C2. The molecular formula is C22H22N2O. The number of benzene rings is 2. The van der Waals surface area contributed by atoms with E-state index < -0.39 is 0 Å². The summed E-state index contributed by atoms with van der Waals surface area (Å²) in [5.74, 6) is 0.883. The third-order valence-corrected chi connectivity index (χ3v) is 4.86. The minimum absolute atomic E-state index is 0.578. The number of hydrogen-bond acceptors (Lipinski definition) is 3. The minimum Gasteiger partial charge on any atom is -0.467 e. The molecule has 1 aromatic heterocycles. The molecule has 0 fully saturated rings. The highest BCUT2D eigenvalue weighted by atomic mass is 16.3. The smallest absolute Gasteiger partial charge is 0.125 e. The second-order valence-corrected chi connectivity index (χ2v) is 6.70. The van der Waals surface area contributed by atoms with Crippen LogP contribution in [0.2, 0.25) is 0 Å². The third kappa shape index (κ3) is 3.36. The molecule has 0 spiro atoms. The molecule has 2 aromatic carbocycles. The van der Waals surface area contributed by atoms with E-state index in [1.165, 1.54) is 27.9 Å². The quantitative estimate of drug-likeness (QED) is 0.627. The fourth-order valence-electron chi connectivity index (χ4n) is 3.29. The molecule has 1 aliphatic rings. The van der Waals surface area contributed by atoms with Gasteiger partial charge in [0, 0.05) is 25.0 Å². The molecule has 126 valence electrons. The molecule has 0 atom stereocenters. The molecule has 4 rings (SSSR count). The summed E-state index contributed by atoms with van der Waals surface area (Å²) in [5, 5.41) is 0. The number of aliphatic imine (C=N–C) groups is 1. The number of furan rings is 1. The van der Waals surface area contributed by atoms with Gasteiger partial charge in [-0.15, -0.1) is 0 Å². The lowest BCUT2D eigenvalue weighted by Crippen LogP contribution is -2.14. The lowest BCUT2D eigenvalue weighted by Gasteiger charge is -2.17. The summed E-state index contributed by atoms with van der Waals surface area (Å²) >= 11 is 0. The van der Waals surface area contributed by atoms with E-state index in [0.29, 0.717) is 6.54 Å². The summed E-state index contributed by atoms with van der Waals surface area (Å²) < 4.78 is 5.29. The van der Waals surface area contributed by atoms with Crippen LogP contribution in [0.3, 0.4) is 0 Å². The predicted molar refractivity (Wildman–Crippen MR) is 102 cm³/mol. The topological polar surface area (TPSA) is 28.7 Å². The standard InChI is InChI=1S/C22H22N2O/c1-16-10-19-14-24(15-20(19)11-17(16)2)21-7-5-18(6-8-21)12-23-13-22-4-3-9-25-22/h3-12H,13-15H2,1-2H3. The van der Waals surface area contributed by atoms with E-state index in [9.17, 15) is 0 Å². The maximum atomic E-state index is 5.29. The molecule has 1 aliphatic heterocycles. The number of anilines is 1. The van der Waals surface area contributed by atoms with Crippen LogP contribution in [0.15, 0.2) is 64.2 Å². The van der Waals surface area contributed by atoms with E-state index in [2.05, 4.69) is 60.1 Å².